The molecule has 0 spiro atoms. The molecule has 0 saturated carbocycles. The summed E-state index contributed by atoms with van der Waals surface area (Å²) in [6.07, 6.45) is 0. The zero-order chi connectivity index (χ0) is 38.2. The minimum atomic E-state index is 0.578. The number of fused-ring (bicyclic) bond motifs is 10. The van der Waals surface area contributed by atoms with E-state index in [9.17, 15) is 0 Å². The molecule has 3 heterocycles. The molecule has 0 bridgehead atoms. The highest BCUT2D eigenvalue weighted by Crippen LogP contribution is 2.43. The molecule has 5 heteroatoms. The van der Waals surface area contributed by atoms with Gasteiger partial charge in [-0.1, -0.05) is 152 Å². The second-order valence-corrected chi connectivity index (χ2v) is 15.7. The fourth-order valence-corrected chi connectivity index (χ4v) is 9.71. The highest BCUT2D eigenvalue weighted by Gasteiger charge is 2.21. The zero-order valence-electron chi connectivity index (χ0n) is 31.2. The maximum absolute atomic E-state index is 5.26. The maximum Gasteiger partial charge on any atom is 0.238 e. The van der Waals surface area contributed by atoms with Crippen molar-refractivity contribution in [3.63, 3.8) is 0 Å². The van der Waals surface area contributed by atoms with Gasteiger partial charge in [-0.3, -0.25) is 4.57 Å². The van der Waals surface area contributed by atoms with Gasteiger partial charge in [0.1, 0.15) is 0 Å². The van der Waals surface area contributed by atoms with Crippen LogP contribution in [-0.2, 0) is 0 Å². The van der Waals surface area contributed by atoms with Crippen LogP contribution in [0.15, 0.2) is 193 Å². The van der Waals surface area contributed by atoms with Crippen molar-refractivity contribution in [1.82, 2.24) is 19.5 Å². The van der Waals surface area contributed by atoms with Crippen LogP contribution in [0.5, 0.6) is 0 Å². The lowest BCUT2D eigenvalue weighted by Gasteiger charge is -2.14. The number of rotatable bonds is 5. The van der Waals surface area contributed by atoms with Crippen LogP contribution in [0.4, 0.5) is 0 Å². The van der Waals surface area contributed by atoms with Crippen molar-refractivity contribution in [1.29, 1.82) is 0 Å². The van der Waals surface area contributed by atoms with E-state index in [1.165, 1.54) is 59.1 Å². The lowest BCUT2D eigenvalue weighted by atomic mass is 9.91. The van der Waals surface area contributed by atoms with Gasteiger partial charge in [0.15, 0.2) is 11.6 Å². The van der Waals surface area contributed by atoms with Gasteiger partial charge in [0.25, 0.3) is 0 Å². The minimum Gasteiger partial charge on any atom is -0.278 e. The third-order valence-electron chi connectivity index (χ3n) is 11.5. The predicted molar refractivity (Wildman–Crippen MR) is 244 cm³/mol. The van der Waals surface area contributed by atoms with E-state index < -0.39 is 0 Å². The van der Waals surface area contributed by atoms with Crippen molar-refractivity contribution < 1.29 is 0 Å². The van der Waals surface area contributed by atoms with E-state index in [4.69, 9.17) is 15.0 Å². The number of hydrogen-bond acceptors (Lipinski definition) is 4. The summed E-state index contributed by atoms with van der Waals surface area (Å²) in [4.78, 5) is 15.6. The van der Waals surface area contributed by atoms with Gasteiger partial charge < -0.3 is 0 Å². The summed E-state index contributed by atoms with van der Waals surface area (Å²) < 4.78 is 3.55. The Balaban J connectivity index is 1.22. The van der Waals surface area contributed by atoms with E-state index in [1.807, 2.05) is 36.4 Å². The molecule has 0 aliphatic rings. The predicted octanol–water partition coefficient (Wildman–Crippen LogP) is 14.3. The monoisotopic (exact) mass is 756 g/mol. The molecule has 3 aromatic heterocycles. The van der Waals surface area contributed by atoms with Crippen molar-refractivity contribution in [2.24, 2.45) is 0 Å². The lowest BCUT2D eigenvalue weighted by molar-refractivity contribution is 0.954. The molecular weight excluding hydrogens is 725 g/mol. The van der Waals surface area contributed by atoms with Crippen LogP contribution in [0.2, 0.25) is 0 Å². The van der Waals surface area contributed by atoms with E-state index >= 15 is 0 Å². The van der Waals surface area contributed by atoms with E-state index in [2.05, 4.69) is 162 Å². The number of nitrogens with zero attached hydrogens (tertiary/aromatic N) is 4. The van der Waals surface area contributed by atoms with E-state index in [-0.39, 0.29) is 0 Å². The first kappa shape index (κ1) is 32.7. The summed E-state index contributed by atoms with van der Waals surface area (Å²) in [7, 11) is 0. The highest BCUT2D eigenvalue weighted by molar-refractivity contribution is 7.17. The molecule has 0 radical (unpaired) electrons. The van der Waals surface area contributed by atoms with Crippen molar-refractivity contribution in [2.75, 3.05) is 0 Å². The van der Waals surface area contributed by atoms with Crippen molar-refractivity contribution in [2.45, 2.75) is 0 Å². The lowest BCUT2D eigenvalue weighted by Crippen LogP contribution is -2.06. The smallest absolute Gasteiger partial charge is 0.238 e. The molecule has 58 heavy (non-hydrogen) atoms. The van der Waals surface area contributed by atoms with Crippen molar-refractivity contribution in [3.8, 4) is 51.0 Å². The normalized spacial score (nSPS) is 11.8. The number of thiophene rings is 1. The van der Waals surface area contributed by atoms with Crippen LogP contribution < -0.4 is 0 Å². The Labute approximate surface area is 338 Å². The van der Waals surface area contributed by atoms with Gasteiger partial charge in [-0.05, 0) is 102 Å². The summed E-state index contributed by atoms with van der Waals surface area (Å²) in [5.41, 5.74) is 8.75. The summed E-state index contributed by atoms with van der Waals surface area (Å²) in [6.45, 7) is 0. The van der Waals surface area contributed by atoms with Crippen molar-refractivity contribution in [3.05, 3.63) is 193 Å². The molecule has 0 atom stereocenters. The first-order valence-corrected chi connectivity index (χ1v) is 20.4. The Morgan fingerprint density at radius 1 is 0.345 bits per heavy atom. The third-order valence-corrected chi connectivity index (χ3v) is 12.5. The van der Waals surface area contributed by atoms with Gasteiger partial charge in [0.2, 0.25) is 5.95 Å². The second kappa shape index (κ2) is 13.1. The van der Waals surface area contributed by atoms with Gasteiger partial charge in [-0.25, -0.2) is 4.98 Å². The van der Waals surface area contributed by atoms with Gasteiger partial charge in [0.05, 0.1) is 11.0 Å². The second-order valence-electron chi connectivity index (χ2n) is 14.8. The molecule has 9 aromatic carbocycles. The van der Waals surface area contributed by atoms with Gasteiger partial charge in [-0.15, -0.1) is 11.3 Å². The van der Waals surface area contributed by atoms with Gasteiger partial charge in [-0.2, -0.15) is 9.97 Å². The van der Waals surface area contributed by atoms with Crippen LogP contribution >= 0.6 is 11.3 Å². The van der Waals surface area contributed by atoms with Gasteiger partial charge in [0, 0.05) is 26.6 Å². The molecule has 12 rings (SSSR count). The van der Waals surface area contributed by atoms with Crippen molar-refractivity contribution >= 4 is 75.5 Å². The molecule has 0 aliphatic carbocycles. The summed E-state index contributed by atoms with van der Waals surface area (Å²) in [5, 5.41) is 13.1. The average Bonchev–Trinajstić information content (AvgIpc) is 3.92. The molecule has 0 fully saturated rings. The average molecular weight is 757 g/mol. The number of aromatic nitrogens is 4. The third kappa shape index (κ3) is 5.18. The summed E-state index contributed by atoms with van der Waals surface area (Å²) in [6, 6.07) is 67.2. The Hall–Kier alpha value is -7.47. The molecule has 0 unspecified atom stereocenters. The number of benzene rings is 9. The zero-order valence-corrected chi connectivity index (χ0v) is 32.0. The van der Waals surface area contributed by atoms with Crippen LogP contribution in [0.1, 0.15) is 0 Å². The Kier molecular flexibility index (Phi) is 7.37. The minimum absolute atomic E-state index is 0.578. The summed E-state index contributed by atoms with van der Waals surface area (Å²) >= 11 is 1.80. The first-order chi connectivity index (χ1) is 28.7. The standard InChI is InChI=1S/C53H32N4S/c1-4-13-33(14-5-1)37-24-26-48-46(29-37)47-31-44-41-21-11-10-20-40(41)42-25-23-38(39-22-12-19-34-27-28-58-50(34)39)30-43(42)45(44)32-49(47)57(48)53-55-51(35-15-6-2-7-16-35)54-52(56-53)36-17-8-3-9-18-36/h1-32H. The molecule has 12 aromatic rings. The molecular formula is C53H32N4S. The molecule has 0 N–H and O–H groups in total. The first-order valence-electron chi connectivity index (χ1n) is 19.5. The Morgan fingerprint density at radius 3 is 1.64 bits per heavy atom. The van der Waals surface area contributed by atoms with Gasteiger partial charge >= 0.3 is 0 Å². The Bertz CT molecular complexity index is 3500. The SMILES string of the molecule is c1ccc(-c2ccc3c(c2)c2cc4c5ccccc5c5ccc(-c6cccc7ccsc67)cc5c4cc2n3-c2nc(-c3ccccc3)nc(-c3ccccc3)n2)cc1. The fourth-order valence-electron chi connectivity index (χ4n) is 8.78. The molecule has 4 nitrogen and oxygen atoms in total. The quantitative estimate of drug-likeness (QED) is 0.164. The van der Waals surface area contributed by atoms with Crippen LogP contribution in [0, 0.1) is 0 Å². The molecule has 0 saturated heterocycles. The maximum atomic E-state index is 5.26. The summed E-state index contributed by atoms with van der Waals surface area (Å²) in [5.74, 6) is 1.84. The molecule has 0 aliphatic heterocycles. The van der Waals surface area contributed by atoms with E-state index in [1.54, 1.807) is 11.3 Å². The van der Waals surface area contributed by atoms with Crippen LogP contribution in [-0.4, -0.2) is 19.5 Å². The van der Waals surface area contributed by atoms with E-state index in [0.717, 1.165) is 38.5 Å². The fraction of sp³-hybridized carbons (Fsp3) is 0. The van der Waals surface area contributed by atoms with Crippen LogP contribution in [0.25, 0.3) is 115 Å². The number of hydrogen-bond donors (Lipinski definition) is 0. The molecule has 270 valence electrons. The Morgan fingerprint density at radius 2 is 0.914 bits per heavy atom. The molecule has 0 amide bonds. The van der Waals surface area contributed by atoms with Crippen LogP contribution in [0.3, 0.4) is 0 Å². The highest BCUT2D eigenvalue weighted by atomic mass is 32.1. The topological polar surface area (TPSA) is 43.6 Å². The van der Waals surface area contributed by atoms with E-state index in [0.29, 0.717) is 17.6 Å². The largest absolute Gasteiger partial charge is 0.278 e.